The van der Waals surface area contributed by atoms with E-state index >= 15 is 0 Å². The third-order valence-corrected chi connectivity index (χ3v) is 3.15. The minimum absolute atomic E-state index is 0.00707. The lowest BCUT2D eigenvalue weighted by atomic mass is 10.1. The molecule has 0 radical (unpaired) electrons. The minimum atomic E-state index is 0.00707. The lowest BCUT2D eigenvalue weighted by molar-refractivity contribution is 0.318. The van der Waals surface area contributed by atoms with Gasteiger partial charge < -0.3 is 15.8 Å². The Morgan fingerprint density at radius 3 is 2.60 bits per heavy atom. The Morgan fingerprint density at radius 1 is 1.25 bits per heavy atom. The van der Waals surface area contributed by atoms with Gasteiger partial charge in [0.15, 0.2) is 5.84 Å². The average Bonchev–Trinajstić information content (AvgIpc) is 2.49. The van der Waals surface area contributed by atoms with Crippen molar-refractivity contribution < 1.29 is 5.21 Å². The van der Waals surface area contributed by atoms with Gasteiger partial charge in [-0.3, -0.25) is 4.98 Å². The topological polar surface area (TPSA) is 74.7 Å². The first-order chi connectivity index (χ1) is 9.69. The first kappa shape index (κ1) is 13.9. The number of pyridine rings is 1. The first-order valence-electron chi connectivity index (χ1n) is 6.45. The predicted octanol–water partition coefficient (Wildman–Crippen LogP) is 2.64. The van der Waals surface area contributed by atoms with Crippen molar-refractivity contribution in [3.63, 3.8) is 0 Å². The smallest absolute Gasteiger partial charge is 0.190 e. The number of oxime groups is 1. The van der Waals surface area contributed by atoms with Crippen molar-refractivity contribution in [1.82, 2.24) is 4.98 Å². The summed E-state index contributed by atoms with van der Waals surface area (Å²) in [6.07, 6.45) is 1.63. The molecule has 0 amide bonds. The maximum Gasteiger partial charge on any atom is 0.190 e. The summed E-state index contributed by atoms with van der Waals surface area (Å²) in [6, 6.07) is 11.8. The van der Waals surface area contributed by atoms with Gasteiger partial charge in [-0.05, 0) is 37.6 Å². The molecular weight excluding hydrogens is 252 g/mol. The fourth-order valence-electron chi connectivity index (χ4n) is 2.20. The maximum absolute atomic E-state index is 8.90. The van der Waals surface area contributed by atoms with E-state index in [-0.39, 0.29) is 5.84 Å². The van der Waals surface area contributed by atoms with Crippen molar-refractivity contribution in [2.75, 3.05) is 11.4 Å². The molecule has 0 saturated carbocycles. The van der Waals surface area contributed by atoms with Gasteiger partial charge in [0.05, 0.1) is 5.69 Å². The third-order valence-electron chi connectivity index (χ3n) is 3.15. The van der Waals surface area contributed by atoms with Gasteiger partial charge in [-0.1, -0.05) is 23.4 Å². The number of benzene rings is 1. The molecule has 0 spiro atoms. The Hall–Kier alpha value is -2.56. The molecule has 0 aliphatic heterocycles. The number of para-hydroxylation sites is 1. The van der Waals surface area contributed by atoms with E-state index in [0.717, 1.165) is 23.5 Å². The van der Waals surface area contributed by atoms with E-state index in [9.17, 15) is 0 Å². The van der Waals surface area contributed by atoms with Crippen LogP contribution in [0.2, 0.25) is 0 Å². The highest BCUT2D eigenvalue weighted by atomic mass is 16.4. The van der Waals surface area contributed by atoms with Gasteiger partial charge in [0.1, 0.15) is 5.69 Å². The van der Waals surface area contributed by atoms with Crippen LogP contribution in [-0.2, 0) is 0 Å². The van der Waals surface area contributed by atoms with Gasteiger partial charge in [-0.15, -0.1) is 0 Å². The first-order valence-corrected chi connectivity index (χ1v) is 6.45. The molecule has 2 aromatic rings. The molecule has 1 aromatic heterocycles. The van der Waals surface area contributed by atoms with E-state index in [1.807, 2.05) is 30.3 Å². The summed E-state index contributed by atoms with van der Waals surface area (Å²) in [4.78, 5) is 6.31. The summed E-state index contributed by atoms with van der Waals surface area (Å²) in [5, 5.41) is 12.0. The van der Waals surface area contributed by atoms with E-state index in [4.69, 9.17) is 10.9 Å². The molecule has 104 valence electrons. The second-order valence-corrected chi connectivity index (χ2v) is 4.39. The fourth-order valence-corrected chi connectivity index (χ4v) is 2.20. The summed E-state index contributed by atoms with van der Waals surface area (Å²) < 4.78 is 0. The molecule has 0 unspecified atom stereocenters. The zero-order valence-electron chi connectivity index (χ0n) is 11.6. The van der Waals surface area contributed by atoms with Crippen LogP contribution in [0.25, 0.3) is 0 Å². The van der Waals surface area contributed by atoms with Crippen molar-refractivity contribution in [2.24, 2.45) is 10.9 Å². The molecule has 0 bridgehead atoms. The molecule has 20 heavy (non-hydrogen) atoms. The standard InChI is InChI=1S/C15H18N4O/c1-3-19(12-8-5-4-7-11(12)2)13-9-6-10-17-14(13)15(16)18-20/h4-10,20H,3H2,1-2H3,(H2,16,18). The number of aryl methyl sites for hydroxylation is 1. The second-order valence-electron chi connectivity index (χ2n) is 4.39. The van der Waals surface area contributed by atoms with E-state index in [2.05, 4.69) is 35.0 Å². The number of nitrogens with zero attached hydrogens (tertiary/aromatic N) is 3. The average molecular weight is 270 g/mol. The lowest BCUT2D eigenvalue weighted by Crippen LogP contribution is -2.24. The number of anilines is 2. The van der Waals surface area contributed by atoms with E-state index in [1.165, 1.54) is 0 Å². The summed E-state index contributed by atoms with van der Waals surface area (Å²) in [6.45, 7) is 4.86. The SMILES string of the molecule is CCN(c1ccccc1C)c1cccnc1/C(N)=N/O. The quantitative estimate of drug-likeness (QED) is 0.387. The monoisotopic (exact) mass is 270 g/mol. The van der Waals surface area contributed by atoms with Crippen molar-refractivity contribution in [2.45, 2.75) is 13.8 Å². The summed E-state index contributed by atoms with van der Waals surface area (Å²) >= 11 is 0. The van der Waals surface area contributed by atoms with Gasteiger partial charge in [0.2, 0.25) is 0 Å². The Morgan fingerprint density at radius 2 is 1.95 bits per heavy atom. The van der Waals surface area contributed by atoms with Crippen molar-refractivity contribution in [3.8, 4) is 0 Å². The van der Waals surface area contributed by atoms with E-state index in [0.29, 0.717) is 5.69 Å². The number of rotatable bonds is 4. The minimum Gasteiger partial charge on any atom is -0.409 e. The van der Waals surface area contributed by atoms with Crippen molar-refractivity contribution in [3.05, 3.63) is 53.9 Å². The lowest BCUT2D eigenvalue weighted by Gasteiger charge is -2.26. The molecule has 0 aliphatic carbocycles. The summed E-state index contributed by atoms with van der Waals surface area (Å²) in [5.41, 5.74) is 9.24. The van der Waals surface area contributed by atoms with Gasteiger partial charge in [-0.25, -0.2) is 0 Å². The highest BCUT2D eigenvalue weighted by Gasteiger charge is 2.16. The number of aromatic nitrogens is 1. The van der Waals surface area contributed by atoms with Gasteiger partial charge in [-0.2, -0.15) is 0 Å². The molecule has 0 fully saturated rings. The van der Waals surface area contributed by atoms with Gasteiger partial charge in [0, 0.05) is 18.4 Å². The molecule has 5 heteroatoms. The van der Waals surface area contributed by atoms with Crippen molar-refractivity contribution >= 4 is 17.2 Å². The van der Waals surface area contributed by atoms with Crippen LogP contribution in [0, 0.1) is 6.92 Å². The number of hydrogen-bond donors (Lipinski definition) is 2. The van der Waals surface area contributed by atoms with Crippen LogP contribution in [0.1, 0.15) is 18.2 Å². The number of nitrogens with two attached hydrogens (primary N) is 1. The molecule has 5 nitrogen and oxygen atoms in total. The Labute approximate surface area is 118 Å². The van der Waals surface area contributed by atoms with E-state index < -0.39 is 0 Å². The molecule has 0 atom stereocenters. The van der Waals surface area contributed by atoms with Gasteiger partial charge in [0.25, 0.3) is 0 Å². The normalized spacial score (nSPS) is 11.4. The molecule has 3 N–H and O–H groups in total. The molecule has 1 heterocycles. The second kappa shape index (κ2) is 6.06. The largest absolute Gasteiger partial charge is 0.409 e. The predicted molar refractivity (Wildman–Crippen MR) is 80.6 cm³/mol. The molecular formula is C15H18N4O. The molecule has 0 aliphatic rings. The zero-order chi connectivity index (χ0) is 14.5. The molecule has 0 saturated heterocycles. The maximum atomic E-state index is 8.90. The van der Waals surface area contributed by atoms with Crippen LogP contribution >= 0.6 is 0 Å². The Kier molecular flexibility index (Phi) is 4.20. The Bertz CT molecular complexity index is 625. The van der Waals surface area contributed by atoms with Crippen LogP contribution in [0.5, 0.6) is 0 Å². The van der Waals surface area contributed by atoms with Crippen molar-refractivity contribution in [1.29, 1.82) is 0 Å². The zero-order valence-corrected chi connectivity index (χ0v) is 11.6. The molecule has 1 aromatic carbocycles. The molecule has 2 rings (SSSR count). The van der Waals surface area contributed by atoms with Crippen LogP contribution in [0.4, 0.5) is 11.4 Å². The van der Waals surface area contributed by atoms with Crippen LogP contribution in [0.15, 0.2) is 47.8 Å². The number of amidine groups is 1. The number of hydrogen-bond acceptors (Lipinski definition) is 4. The van der Waals surface area contributed by atoms with Crippen LogP contribution < -0.4 is 10.6 Å². The van der Waals surface area contributed by atoms with Gasteiger partial charge >= 0.3 is 0 Å². The van der Waals surface area contributed by atoms with Crippen LogP contribution in [0.3, 0.4) is 0 Å². The highest BCUT2D eigenvalue weighted by Crippen LogP contribution is 2.29. The summed E-state index contributed by atoms with van der Waals surface area (Å²) in [5.74, 6) is 0.00707. The third kappa shape index (κ3) is 2.56. The Balaban J connectivity index is 2.56. The summed E-state index contributed by atoms with van der Waals surface area (Å²) in [7, 11) is 0. The highest BCUT2D eigenvalue weighted by molar-refractivity contribution is 6.01. The van der Waals surface area contributed by atoms with E-state index in [1.54, 1.807) is 6.20 Å². The van der Waals surface area contributed by atoms with Crippen LogP contribution in [-0.4, -0.2) is 22.6 Å². The fraction of sp³-hybridized carbons (Fsp3) is 0.200.